The van der Waals surface area contributed by atoms with Crippen molar-refractivity contribution in [2.24, 2.45) is 0 Å². The summed E-state index contributed by atoms with van der Waals surface area (Å²) in [6.07, 6.45) is 0.0708. The average molecular weight is 327 g/mol. The van der Waals surface area contributed by atoms with E-state index in [1.165, 1.54) is 31.2 Å². The van der Waals surface area contributed by atoms with Crippen LogP contribution in [0.15, 0.2) is 29.2 Å². The molecule has 0 bridgehead atoms. The highest BCUT2D eigenvalue weighted by atomic mass is 32.2. The Kier molecular flexibility index (Phi) is 6.51. The maximum absolute atomic E-state index is 12.0. The van der Waals surface area contributed by atoms with Crippen molar-refractivity contribution in [3.63, 3.8) is 0 Å². The highest BCUT2D eigenvalue weighted by Gasteiger charge is 2.14. The molecule has 7 nitrogen and oxygen atoms in total. The minimum Gasteiger partial charge on any atom is -0.354 e. The van der Waals surface area contributed by atoms with Gasteiger partial charge in [0.05, 0.1) is 4.90 Å². The standard InChI is InChI=1S/C14H21N3O4S/c1-10(2)16-14(19)8-9-15-22(20,21)13-6-4-12(5-7-13)17-11(3)18/h4-7,10,15H,8-9H2,1-3H3,(H,16,19)(H,17,18). The van der Waals surface area contributed by atoms with Gasteiger partial charge < -0.3 is 10.6 Å². The molecule has 3 N–H and O–H groups in total. The third-order valence-electron chi connectivity index (χ3n) is 2.58. The van der Waals surface area contributed by atoms with Crippen molar-refractivity contribution in [1.29, 1.82) is 0 Å². The van der Waals surface area contributed by atoms with Crippen molar-refractivity contribution in [3.8, 4) is 0 Å². The Morgan fingerprint density at radius 2 is 1.73 bits per heavy atom. The topological polar surface area (TPSA) is 104 Å². The van der Waals surface area contributed by atoms with Gasteiger partial charge in [0.15, 0.2) is 0 Å². The van der Waals surface area contributed by atoms with Crippen LogP contribution < -0.4 is 15.4 Å². The number of rotatable bonds is 7. The number of sulfonamides is 1. The summed E-state index contributed by atoms with van der Waals surface area (Å²) >= 11 is 0. The Hall–Kier alpha value is -1.93. The molecule has 0 radical (unpaired) electrons. The SMILES string of the molecule is CC(=O)Nc1ccc(S(=O)(=O)NCCC(=O)NC(C)C)cc1. The first-order valence-electron chi connectivity index (χ1n) is 6.87. The van der Waals surface area contributed by atoms with Gasteiger partial charge in [0.25, 0.3) is 0 Å². The molecule has 0 fully saturated rings. The van der Waals surface area contributed by atoms with Crippen molar-refractivity contribution in [1.82, 2.24) is 10.0 Å². The Labute approximate surface area is 130 Å². The lowest BCUT2D eigenvalue weighted by molar-refractivity contribution is -0.121. The fourth-order valence-corrected chi connectivity index (χ4v) is 2.73. The third-order valence-corrected chi connectivity index (χ3v) is 4.06. The number of anilines is 1. The van der Waals surface area contributed by atoms with E-state index in [4.69, 9.17) is 0 Å². The molecule has 0 aliphatic heterocycles. The van der Waals surface area contributed by atoms with Gasteiger partial charge in [-0.15, -0.1) is 0 Å². The molecule has 122 valence electrons. The highest BCUT2D eigenvalue weighted by Crippen LogP contribution is 2.13. The van der Waals surface area contributed by atoms with Crippen LogP contribution in [0.2, 0.25) is 0 Å². The summed E-state index contributed by atoms with van der Waals surface area (Å²) in [5.41, 5.74) is 0.516. The van der Waals surface area contributed by atoms with E-state index in [0.29, 0.717) is 5.69 Å². The number of amides is 2. The zero-order valence-electron chi connectivity index (χ0n) is 12.8. The van der Waals surface area contributed by atoms with Crippen LogP contribution in [0.4, 0.5) is 5.69 Å². The molecule has 0 saturated carbocycles. The summed E-state index contributed by atoms with van der Waals surface area (Å²) in [6.45, 7) is 5.06. The number of nitrogens with one attached hydrogen (secondary N) is 3. The second-order valence-corrected chi connectivity index (χ2v) is 6.84. The van der Waals surface area contributed by atoms with Gasteiger partial charge >= 0.3 is 0 Å². The average Bonchev–Trinajstić information content (AvgIpc) is 2.37. The molecule has 1 aromatic rings. The summed E-state index contributed by atoms with van der Waals surface area (Å²) < 4.78 is 26.4. The quantitative estimate of drug-likeness (QED) is 0.690. The monoisotopic (exact) mass is 327 g/mol. The van der Waals surface area contributed by atoms with E-state index >= 15 is 0 Å². The summed E-state index contributed by atoms with van der Waals surface area (Å²) in [6, 6.07) is 5.80. The molecule has 0 aromatic heterocycles. The first-order valence-corrected chi connectivity index (χ1v) is 8.35. The molecule has 0 aliphatic rings. The summed E-state index contributed by atoms with van der Waals surface area (Å²) in [4.78, 5) is 22.4. The van der Waals surface area contributed by atoms with E-state index in [1.54, 1.807) is 0 Å². The van der Waals surface area contributed by atoms with Crippen LogP contribution in [0.1, 0.15) is 27.2 Å². The van der Waals surface area contributed by atoms with Crippen LogP contribution in [0.3, 0.4) is 0 Å². The molecule has 8 heteroatoms. The van der Waals surface area contributed by atoms with Gasteiger partial charge in [-0.25, -0.2) is 13.1 Å². The lowest BCUT2D eigenvalue weighted by atomic mass is 10.3. The van der Waals surface area contributed by atoms with E-state index in [9.17, 15) is 18.0 Å². The first kappa shape index (κ1) is 18.1. The van der Waals surface area contributed by atoms with E-state index in [-0.39, 0.29) is 35.7 Å². The zero-order chi connectivity index (χ0) is 16.8. The molecule has 1 rings (SSSR count). The Balaban J connectivity index is 2.59. The molecular formula is C14H21N3O4S. The van der Waals surface area contributed by atoms with Crippen LogP contribution in [-0.2, 0) is 19.6 Å². The molecule has 0 spiro atoms. The third kappa shape index (κ3) is 6.23. The minimum atomic E-state index is -3.67. The molecule has 0 aliphatic carbocycles. The second-order valence-electron chi connectivity index (χ2n) is 5.08. The van der Waals surface area contributed by atoms with E-state index < -0.39 is 10.0 Å². The van der Waals surface area contributed by atoms with Gasteiger partial charge in [0, 0.05) is 31.6 Å². The summed E-state index contributed by atoms with van der Waals surface area (Å²) in [5.74, 6) is -0.441. The van der Waals surface area contributed by atoms with Crippen molar-refractivity contribution >= 4 is 27.5 Å². The van der Waals surface area contributed by atoms with Gasteiger partial charge in [-0.3, -0.25) is 9.59 Å². The smallest absolute Gasteiger partial charge is 0.240 e. The van der Waals surface area contributed by atoms with Crippen molar-refractivity contribution in [2.75, 3.05) is 11.9 Å². The number of hydrogen-bond donors (Lipinski definition) is 3. The first-order chi connectivity index (χ1) is 10.2. The van der Waals surface area contributed by atoms with Gasteiger partial charge in [-0.1, -0.05) is 0 Å². The van der Waals surface area contributed by atoms with Crippen LogP contribution in [-0.4, -0.2) is 32.8 Å². The fraction of sp³-hybridized carbons (Fsp3) is 0.429. The number of benzene rings is 1. The van der Waals surface area contributed by atoms with Crippen molar-refractivity contribution < 1.29 is 18.0 Å². The number of hydrogen-bond acceptors (Lipinski definition) is 4. The lowest BCUT2D eigenvalue weighted by Gasteiger charge is -2.10. The van der Waals surface area contributed by atoms with Crippen LogP contribution in [0.5, 0.6) is 0 Å². The van der Waals surface area contributed by atoms with E-state index in [2.05, 4.69) is 15.4 Å². The predicted octanol–water partition coefficient (Wildman–Crippen LogP) is 0.838. The Morgan fingerprint density at radius 1 is 1.14 bits per heavy atom. The van der Waals surface area contributed by atoms with Crippen LogP contribution >= 0.6 is 0 Å². The van der Waals surface area contributed by atoms with Crippen molar-refractivity contribution in [3.05, 3.63) is 24.3 Å². The Bertz CT molecular complexity index is 624. The molecule has 22 heavy (non-hydrogen) atoms. The molecular weight excluding hydrogens is 306 g/mol. The molecule has 1 aromatic carbocycles. The second kappa shape index (κ2) is 7.90. The normalized spacial score (nSPS) is 11.3. The van der Waals surface area contributed by atoms with Gasteiger partial charge in [-0.05, 0) is 38.1 Å². The molecule has 2 amide bonds. The lowest BCUT2D eigenvalue weighted by Crippen LogP contribution is -2.34. The van der Waals surface area contributed by atoms with Gasteiger partial charge in [-0.2, -0.15) is 0 Å². The van der Waals surface area contributed by atoms with Gasteiger partial charge in [0.1, 0.15) is 0 Å². The fourth-order valence-electron chi connectivity index (χ4n) is 1.70. The molecule has 0 saturated heterocycles. The van der Waals surface area contributed by atoms with Gasteiger partial charge in [0.2, 0.25) is 21.8 Å². The zero-order valence-corrected chi connectivity index (χ0v) is 13.7. The number of carbonyl (C=O) groups is 2. The van der Waals surface area contributed by atoms with Crippen LogP contribution in [0.25, 0.3) is 0 Å². The molecule has 0 unspecified atom stereocenters. The van der Waals surface area contributed by atoms with Crippen LogP contribution in [0, 0.1) is 0 Å². The molecule has 0 heterocycles. The Morgan fingerprint density at radius 3 is 2.23 bits per heavy atom. The highest BCUT2D eigenvalue weighted by molar-refractivity contribution is 7.89. The maximum atomic E-state index is 12.0. The largest absolute Gasteiger partial charge is 0.354 e. The predicted molar refractivity (Wildman–Crippen MR) is 83.8 cm³/mol. The number of carbonyl (C=O) groups excluding carboxylic acids is 2. The van der Waals surface area contributed by atoms with E-state index in [0.717, 1.165) is 0 Å². The molecule has 0 atom stereocenters. The minimum absolute atomic E-state index is 0.0189. The van der Waals surface area contributed by atoms with Crippen molar-refractivity contribution in [2.45, 2.75) is 38.1 Å². The summed E-state index contributed by atoms with van der Waals surface area (Å²) in [5, 5.41) is 5.23. The van der Waals surface area contributed by atoms with E-state index in [1.807, 2.05) is 13.8 Å². The summed E-state index contributed by atoms with van der Waals surface area (Å²) in [7, 11) is -3.67. The maximum Gasteiger partial charge on any atom is 0.240 e.